The van der Waals surface area contributed by atoms with E-state index in [1.807, 2.05) is 18.2 Å². The second-order valence-electron chi connectivity index (χ2n) is 5.70. The molecule has 2 N–H and O–H groups in total. The normalized spacial score (nSPS) is 11.6. The maximum atomic E-state index is 12.4. The average molecular weight is 383 g/mol. The Kier molecular flexibility index (Phi) is 5.42. The summed E-state index contributed by atoms with van der Waals surface area (Å²) in [6.07, 6.45) is 1.51. The van der Waals surface area contributed by atoms with Gasteiger partial charge < -0.3 is 9.84 Å². The van der Waals surface area contributed by atoms with Gasteiger partial charge in [-0.25, -0.2) is 13.2 Å². The number of rotatable bonds is 7. The van der Waals surface area contributed by atoms with Crippen molar-refractivity contribution in [2.75, 3.05) is 11.3 Å². The molecule has 0 aliphatic heterocycles. The van der Waals surface area contributed by atoms with E-state index in [2.05, 4.69) is 4.72 Å². The predicted octanol–water partition coefficient (Wildman–Crippen LogP) is 3.72. The fraction of sp³-hybridized carbons (Fsp3) is 0.0500. The van der Waals surface area contributed by atoms with Gasteiger partial charge in [0.2, 0.25) is 0 Å². The minimum Gasteiger partial charge on any atom is -0.481 e. The molecule has 138 valence electrons. The molecule has 0 fully saturated rings. The third-order valence-electron chi connectivity index (χ3n) is 3.72. The van der Waals surface area contributed by atoms with Gasteiger partial charge >= 0.3 is 5.97 Å². The Bertz CT molecular complexity index is 1090. The average Bonchev–Trinajstić information content (AvgIpc) is 2.66. The third-order valence-corrected chi connectivity index (χ3v) is 4.72. The number of fused-ring (bicyclic) bond motifs is 1. The molecule has 27 heavy (non-hydrogen) atoms. The first-order valence-electron chi connectivity index (χ1n) is 8.07. The molecule has 0 saturated carbocycles. The van der Waals surface area contributed by atoms with Gasteiger partial charge in [0.25, 0.3) is 10.0 Å². The number of hydrogen-bond donors (Lipinski definition) is 2. The van der Waals surface area contributed by atoms with Gasteiger partial charge in [0.05, 0.1) is 11.1 Å². The van der Waals surface area contributed by atoms with Crippen molar-refractivity contribution < 1.29 is 23.1 Å². The lowest BCUT2D eigenvalue weighted by atomic mass is 10.1. The summed E-state index contributed by atoms with van der Waals surface area (Å²) in [5, 5.41) is 11.1. The summed E-state index contributed by atoms with van der Waals surface area (Å²) in [5.41, 5.74) is 1.15. The largest absolute Gasteiger partial charge is 0.481 e. The lowest BCUT2D eigenvalue weighted by Gasteiger charge is -2.11. The highest BCUT2D eigenvalue weighted by Crippen LogP contribution is 2.31. The van der Waals surface area contributed by atoms with Crippen molar-refractivity contribution in [2.24, 2.45) is 0 Å². The van der Waals surface area contributed by atoms with Gasteiger partial charge in [0.15, 0.2) is 6.61 Å². The Balaban J connectivity index is 1.89. The van der Waals surface area contributed by atoms with E-state index in [1.165, 1.54) is 6.08 Å². The Hall–Kier alpha value is -3.32. The van der Waals surface area contributed by atoms with E-state index < -0.39 is 22.6 Å². The van der Waals surface area contributed by atoms with E-state index in [4.69, 9.17) is 9.84 Å². The fourth-order valence-corrected chi connectivity index (χ4v) is 3.44. The van der Waals surface area contributed by atoms with E-state index in [9.17, 15) is 13.2 Å². The highest BCUT2D eigenvalue weighted by atomic mass is 32.2. The van der Waals surface area contributed by atoms with Gasteiger partial charge in [-0.3, -0.25) is 4.72 Å². The molecule has 7 heteroatoms. The van der Waals surface area contributed by atoms with Crippen LogP contribution in [0.15, 0.2) is 72.1 Å². The van der Waals surface area contributed by atoms with Crippen LogP contribution < -0.4 is 9.46 Å². The van der Waals surface area contributed by atoms with Crippen LogP contribution in [0.1, 0.15) is 5.56 Å². The number of sulfonamides is 1. The number of carboxylic acids is 1. The number of carboxylic acid groups (broad SMARTS) is 1. The molecule has 0 bridgehead atoms. The van der Waals surface area contributed by atoms with Crippen molar-refractivity contribution >= 4 is 38.5 Å². The molecule has 0 spiro atoms. The molecule has 0 unspecified atom stereocenters. The van der Waals surface area contributed by atoms with Crippen LogP contribution in [0.2, 0.25) is 0 Å². The van der Waals surface area contributed by atoms with Gasteiger partial charge in [-0.1, -0.05) is 54.6 Å². The molecule has 0 heterocycles. The number of carbonyl (C=O) groups is 1. The first-order chi connectivity index (χ1) is 12.9. The molecule has 0 radical (unpaired) electrons. The molecule has 0 aromatic heterocycles. The number of hydrogen-bond acceptors (Lipinski definition) is 4. The Labute approximate surface area is 156 Å². The van der Waals surface area contributed by atoms with Crippen LogP contribution in [-0.2, 0) is 14.8 Å². The Morgan fingerprint density at radius 3 is 2.41 bits per heavy atom. The molecule has 3 rings (SSSR count). The molecular weight excluding hydrogens is 366 g/mol. The van der Waals surface area contributed by atoms with E-state index in [0.29, 0.717) is 22.2 Å². The van der Waals surface area contributed by atoms with E-state index in [-0.39, 0.29) is 0 Å². The molecule has 0 saturated heterocycles. The quantitative estimate of drug-likeness (QED) is 0.649. The number of aliphatic carboxylic acids is 1. The fourth-order valence-electron chi connectivity index (χ4n) is 2.56. The number of benzene rings is 3. The van der Waals surface area contributed by atoms with Gasteiger partial charge in [0, 0.05) is 10.8 Å². The van der Waals surface area contributed by atoms with Crippen molar-refractivity contribution in [3.63, 3.8) is 0 Å². The van der Waals surface area contributed by atoms with Crippen LogP contribution in [0.5, 0.6) is 5.75 Å². The minimum absolute atomic E-state index is 0.371. The van der Waals surface area contributed by atoms with E-state index in [0.717, 1.165) is 11.0 Å². The minimum atomic E-state index is -3.73. The zero-order valence-corrected chi connectivity index (χ0v) is 15.0. The lowest BCUT2D eigenvalue weighted by Crippen LogP contribution is -2.10. The van der Waals surface area contributed by atoms with Gasteiger partial charge in [-0.05, 0) is 23.8 Å². The first kappa shape index (κ1) is 18.5. The number of nitrogens with one attached hydrogen (secondary N) is 1. The highest BCUT2D eigenvalue weighted by Gasteiger charge is 2.11. The van der Waals surface area contributed by atoms with Crippen molar-refractivity contribution in [2.45, 2.75) is 0 Å². The summed E-state index contributed by atoms with van der Waals surface area (Å²) in [5.74, 6) is -0.717. The van der Waals surface area contributed by atoms with Crippen LogP contribution in [0.25, 0.3) is 16.8 Å². The van der Waals surface area contributed by atoms with Crippen molar-refractivity contribution in [1.82, 2.24) is 0 Å². The van der Waals surface area contributed by atoms with Crippen LogP contribution in [0, 0.1) is 0 Å². The predicted molar refractivity (Wildman–Crippen MR) is 105 cm³/mol. The molecule has 0 aliphatic carbocycles. The van der Waals surface area contributed by atoms with Crippen LogP contribution in [0.3, 0.4) is 0 Å². The van der Waals surface area contributed by atoms with Crippen molar-refractivity contribution in [1.29, 1.82) is 0 Å². The van der Waals surface area contributed by atoms with Crippen LogP contribution >= 0.6 is 0 Å². The van der Waals surface area contributed by atoms with Crippen LogP contribution in [0.4, 0.5) is 5.69 Å². The smallest absolute Gasteiger partial charge is 0.341 e. The molecule has 0 aliphatic rings. The molecule has 0 atom stereocenters. The summed E-state index contributed by atoms with van der Waals surface area (Å²) < 4.78 is 32.6. The lowest BCUT2D eigenvalue weighted by molar-refractivity contribution is -0.139. The maximum absolute atomic E-state index is 12.4. The summed E-state index contributed by atoms with van der Waals surface area (Å²) in [4.78, 5) is 10.7. The van der Waals surface area contributed by atoms with E-state index >= 15 is 0 Å². The summed E-state index contributed by atoms with van der Waals surface area (Å²) in [7, 11) is -3.73. The monoisotopic (exact) mass is 383 g/mol. The third kappa shape index (κ3) is 4.86. The standard InChI is InChI=1S/C20H17NO5S/c22-20(23)14-26-19-11-5-8-16-17(19)9-4-10-18(16)21-27(24,25)13-12-15-6-2-1-3-7-15/h1-13,21H,14H2,(H,22,23). The molecule has 0 amide bonds. The van der Waals surface area contributed by atoms with Crippen molar-refractivity contribution in [3.05, 3.63) is 77.7 Å². The van der Waals surface area contributed by atoms with Crippen molar-refractivity contribution in [3.8, 4) is 5.75 Å². The molecule has 3 aromatic carbocycles. The number of anilines is 1. The summed E-state index contributed by atoms with van der Waals surface area (Å²) in [6, 6.07) is 19.2. The number of ether oxygens (including phenoxy) is 1. The molecule has 3 aromatic rings. The zero-order chi connectivity index (χ0) is 19.3. The second-order valence-corrected chi connectivity index (χ2v) is 7.27. The van der Waals surface area contributed by atoms with Gasteiger partial charge in [-0.2, -0.15) is 0 Å². The zero-order valence-electron chi connectivity index (χ0n) is 14.2. The first-order valence-corrected chi connectivity index (χ1v) is 9.61. The van der Waals surface area contributed by atoms with Gasteiger partial charge in [-0.15, -0.1) is 0 Å². The van der Waals surface area contributed by atoms with Crippen LogP contribution in [-0.4, -0.2) is 26.1 Å². The topological polar surface area (TPSA) is 92.7 Å². The second kappa shape index (κ2) is 7.92. The maximum Gasteiger partial charge on any atom is 0.341 e. The summed E-state index contributed by atoms with van der Waals surface area (Å²) >= 11 is 0. The Morgan fingerprint density at radius 2 is 1.67 bits per heavy atom. The van der Waals surface area contributed by atoms with Gasteiger partial charge in [0.1, 0.15) is 5.75 Å². The SMILES string of the molecule is O=C(O)COc1cccc2c(NS(=O)(=O)C=Cc3ccccc3)cccc12. The molecule has 6 nitrogen and oxygen atoms in total. The van der Waals surface area contributed by atoms with E-state index in [1.54, 1.807) is 48.5 Å². The molecular formula is C20H17NO5S. The Morgan fingerprint density at radius 1 is 0.963 bits per heavy atom. The summed E-state index contributed by atoms with van der Waals surface area (Å²) in [6.45, 7) is -0.477. The highest BCUT2D eigenvalue weighted by molar-refractivity contribution is 7.95.